The van der Waals surface area contributed by atoms with E-state index in [-0.39, 0.29) is 0 Å². The zero-order valence-electron chi connectivity index (χ0n) is 9.59. The van der Waals surface area contributed by atoms with Crippen molar-refractivity contribution in [2.24, 2.45) is 0 Å². The van der Waals surface area contributed by atoms with Crippen LogP contribution in [-0.4, -0.2) is 34.8 Å². The zero-order chi connectivity index (χ0) is 12.0. The fourth-order valence-corrected chi connectivity index (χ4v) is 1.86. The van der Waals surface area contributed by atoms with Gasteiger partial charge in [-0.05, 0) is 22.8 Å². The summed E-state index contributed by atoms with van der Waals surface area (Å²) >= 11 is 1.84. The van der Waals surface area contributed by atoms with Crippen LogP contribution in [-0.2, 0) is 0 Å². The highest BCUT2D eigenvalue weighted by atomic mass is 32.2. The highest BCUT2D eigenvalue weighted by Gasteiger charge is 2.10. The number of rotatable bonds is 6. The predicted molar refractivity (Wildman–Crippen MR) is 69.4 cm³/mol. The van der Waals surface area contributed by atoms with Gasteiger partial charge in [-0.25, -0.2) is 0 Å². The number of thioether (sulfide) groups is 1. The number of benzene rings is 1. The molecule has 88 valence electrons. The summed E-state index contributed by atoms with van der Waals surface area (Å²) in [4.78, 5) is 0. The van der Waals surface area contributed by atoms with Gasteiger partial charge in [-0.2, -0.15) is 11.8 Å². The second-order valence-electron chi connectivity index (χ2n) is 3.71. The van der Waals surface area contributed by atoms with Crippen LogP contribution in [0.15, 0.2) is 24.3 Å². The largest absolute Gasteiger partial charge is 0.493 e. The van der Waals surface area contributed by atoms with E-state index in [1.54, 1.807) is 18.2 Å². The first-order chi connectivity index (χ1) is 7.59. The van der Waals surface area contributed by atoms with Crippen molar-refractivity contribution < 1.29 is 14.8 Å². The Bertz CT molecular complexity index is 318. The van der Waals surface area contributed by atoms with Crippen LogP contribution in [0, 0.1) is 0 Å². The zero-order valence-corrected chi connectivity index (χ0v) is 10.4. The minimum absolute atomic E-state index is 0.453. The van der Waals surface area contributed by atoms with Crippen molar-refractivity contribution in [3.05, 3.63) is 24.3 Å². The minimum Gasteiger partial charge on any atom is -0.493 e. The molecule has 0 atom stereocenters. The molecule has 0 heterocycles. The Morgan fingerprint density at radius 2 is 2.12 bits per heavy atom. The van der Waals surface area contributed by atoms with E-state index in [2.05, 4.69) is 13.8 Å². The SMILES string of the molecule is CC(C)SCCOc1cccc(B(O)O)c1. The molecule has 16 heavy (non-hydrogen) atoms. The maximum Gasteiger partial charge on any atom is 0.488 e. The fourth-order valence-electron chi connectivity index (χ4n) is 1.21. The summed E-state index contributed by atoms with van der Waals surface area (Å²) in [5.74, 6) is 1.61. The van der Waals surface area contributed by atoms with Gasteiger partial charge in [-0.1, -0.05) is 26.0 Å². The lowest BCUT2D eigenvalue weighted by molar-refractivity contribution is 0.343. The molecule has 0 saturated heterocycles. The van der Waals surface area contributed by atoms with Crippen LogP contribution in [0.5, 0.6) is 5.75 Å². The van der Waals surface area contributed by atoms with Crippen molar-refractivity contribution in [2.75, 3.05) is 12.4 Å². The maximum absolute atomic E-state index is 8.99. The van der Waals surface area contributed by atoms with E-state index in [9.17, 15) is 0 Å². The van der Waals surface area contributed by atoms with E-state index >= 15 is 0 Å². The predicted octanol–water partition coefficient (Wildman–Crippen LogP) is 0.887. The first-order valence-electron chi connectivity index (χ1n) is 5.30. The van der Waals surface area contributed by atoms with Crippen LogP contribution in [0.2, 0.25) is 0 Å². The second kappa shape index (κ2) is 6.83. The summed E-state index contributed by atoms with van der Waals surface area (Å²) in [6.07, 6.45) is 0. The third-order valence-corrected chi connectivity index (χ3v) is 3.03. The Labute approximate surface area is 101 Å². The average molecular weight is 240 g/mol. The summed E-state index contributed by atoms with van der Waals surface area (Å²) in [5, 5.41) is 18.6. The van der Waals surface area contributed by atoms with E-state index < -0.39 is 7.12 Å². The third-order valence-electron chi connectivity index (χ3n) is 1.96. The fraction of sp³-hybridized carbons (Fsp3) is 0.455. The lowest BCUT2D eigenvalue weighted by Crippen LogP contribution is -2.29. The second-order valence-corrected chi connectivity index (χ2v) is 5.40. The number of hydrogen-bond acceptors (Lipinski definition) is 4. The molecule has 0 fully saturated rings. The van der Waals surface area contributed by atoms with Crippen LogP contribution in [0.1, 0.15) is 13.8 Å². The molecule has 0 unspecified atom stereocenters. The van der Waals surface area contributed by atoms with Crippen LogP contribution in [0.25, 0.3) is 0 Å². The Balaban J connectivity index is 2.39. The smallest absolute Gasteiger partial charge is 0.488 e. The van der Waals surface area contributed by atoms with Crippen LogP contribution in [0.3, 0.4) is 0 Å². The van der Waals surface area contributed by atoms with Gasteiger partial charge < -0.3 is 14.8 Å². The minimum atomic E-state index is -1.44. The first-order valence-corrected chi connectivity index (χ1v) is 6.35. The van der Waals surface area contributed by atoms with Gasteiger partial charge in [0.1, 0.15) is 5.75 Å². The quantitative estimate of drug-likeness (QED) is 0.572. The number of ether oxygens (including phenoxy) is 1. The van der Waals surface area contributed by atoms with E-state index in [0.717, 1.165) is 5.75 Å². The monoisotopic (exact) mass is 240 g/mol. The molecule has 0 aliphatic rings. The van der Waals surface area contributed by atoms with Gasteiger partial charge in [0.05, 0.1) is 6.61 Å². The molecular weight excluding hydrogens is 223 g/mol. The van der Waals surface area contributed by atoms with Gasteiger partial charge in [-0.3, -0.25) is 0 Å². The molecular formula is C11H17BO3S. The molecule has 0 aromatic heterocycles. The van der Waals surface area contributed by atoms with E-state index in [1.807, 2.05) is 17.8 Å². The molecule has 0 aliphatic heterocycles. The molecule has 0 bridgehead atoms. The molecule has 0 aliphatic carbocycles. The van der Waals surface area contributed by atoms with Crippen LogP contribution in [0.4, 0.5) is 0 Å². The van der Waals surface area contributed by atoms with Gasteiger partial charge in [0.25, 0.3) is 0 Å². The van der Waals surface area contributed by atoms with E-state index in [4.69, 9.17) is 14.8 Å². The molecule has 1 aromatic carbocycles. The Hall–Kier alpha value is -0.645. The molecule has 2 N–H and O–H groups in total. The van der Waals surface area contributed by atoms with Crippen molar-refractivity contribution in [3.8, 4) is 5.75 Å². The highest BCUT2D eigenvalue weighted by Crippen LogP contribution is 2.11. The molecule has 0 amide bonds. The highest BCUT2D eigenvalue weighted by molar-refractivity contribution is 7.99. The summed E-state index contributed by atoms with van der Waals surface area (Å²) in [5.41, 5.74) is 0.453. The van der Waals surface area contributed by atoms with Crippen LogP contribution >= 0.6 is 11.8 Å². The summed E-state index contributed by atoms with van der Waals surface area (Å²) < 4.78 is 5.50. The molecule has 3 nitrogen and oxygen atoms in total. The lowest BCUT2D eigenvalue weighted by Gasteiger charge is -2.08. The standard InChI is InChI=1S/C11H17BO3S/c1-9(2)16-7-6-15-11-5-3-4-10(8-11)12(13)14/h3-5,8-9,13-14H,6-7H2,1-2H3. The van der Waals surface area contributed by atoms with Gasteiger partial charge in [0.15, 0.2) is 0 Å². The van der Waals surface area contributed by atoms with Gasteiger partial charge >= 0.3 is 7.12 Å². The van der Waals surface area contributed by atoms with Gasteiger partial charge in [0.2, 0.25) is 0 Å². The van der Waals surface area contributed by atoms with Crippen molar-refractivity contribution in [2.45, 2.75) is 19.1 Å². The maximum atomic E-state index is 8.99. The first kappa shape index (κ1) is 13.4. The Morgan fingerprint density at radius 3 is 2.75 bits per heavy atom. The Morgan fingerprint density at radius 1 is 1.38 bits per heavy atom. The molecule has 5 heteroatoms. The van der Waals surface area contributed by atoms with E-state index in [0.29, 0.717) is 23.1 Å². The molecule has 0 spiro atoms. The summed E-state index contributed by atoms with van der Waals surface area (Å²) in [7, 11) is -1.44. The average Bonchev–Trinajstić information content (AvgIpc) is 2.24. The molecule has 1 aromatic rings. The third kappa shape index (κ3) is 4.92. The Kier molecular flexibility index (Phi) is 5.73. The van der Waals surface area contributed by atoms with Gasteiger partial charge in [0, 0.05) is 5.75 Å². The molecule has 1 rings (SSSR count). The summed E-state index contributed by atoms with van der Waals surface area (Å²) in [6.45, 7) is 4.93. The van der Waals surface area contributed by atoms with E-state index in [1.165, 1.54) is 0 Å². The van der Waals surface area contributed by atoms with Gasteiger partial charge in [-0.15, -0.1) is 0 Å². The van der Waals surface area contributed by atoms with Crippen molar-refractivity contribution >= 4 is 24.3 Å². The number of hydrogen-bond donors (Lipinski definition) is 2. The molecule has 0 radical (unpaired) electrons. The summed E-state index contributed by atoms with van der Waals surface area (Å²) in [6, 6.07) is 6.86. The topological polar surface area (TPSA) is 49.7 Å². The lowest BCUT2D eigenvalue weighted by atomic mass is 9.80. The molecule has 0 saturated carbocycles. The normalized spacial score (nSPS) is 10.6. The van der Waals surface area contributed by atoms with Crippen molar-refractivity contribution in [3.63, 3.8) is 0 Å². The van der Waals surface area contributed by atoms with Crippen molar-refractivity contribution in [1.29, 1.82) is 0 Å². The van der Waals surface area contributed by atoms with Crippen molar-refractivity contribution in [1.82, 2.24) is 0 Å². The van der Waals surface area contributed by atoms with Crippen LogP contribution < -0.4 is 10.2 Å².